The molecule has 0 radical (unpaired) electrons. The van der Waals surface area contributed by atoms with Crippen molar-refractivity contribution < 1.29 is 34.8 Å². The number of rotatable bonds is 8. The predicted octanol–water partition coefficient (Wildman–Crippen LogP) is -0.634. The Labute approximate surface area is 200 Å². The van der Waals surface area contributed by atoms with Gasteiger partial charge in [0.25, 0.3) is 11.8 Å². The molecule has 4 amide bonds. The van der Waals surface area contributed by atoms with E-state index in [4.69, 9.17) is 15.9 Å². The molecule has 0 aliphatic carbocycles. The summed E-state index contributed by atoms with van der Waals surface area (Å²) in [6.45, 7) is -1.57. The number of nitrogens with two attached hydrogens (primary N) is 1. The van der Waals surface area contributed by atoms with Crippen LogP contribution in [0.2, 0.25) is 0 Å². The van der Waals surface area contributed by atoms with Crippen LogP contribution in [0.15, 0.2) is 0 Å². The van der Waals surface area contributed by atoms with Crippen LogP contribution in [0.3, 0.4) is 0 Å². The normalized spacial score (nSPS) is 12.8. The molecule has 0 spiro atoms. The zero-order valence-corrected chi connectivity index (χ0v) is 20.5. The zero-order valence-electron chi connectivity index (χ0n) is 14.0. The highest BCUT2D eigenvalue weighted by Gasteiger charge is 2.27. The largest absolute Gasteiger partial charge is 0.394 e. The molecule has 0 aromatic heterocycles. The lowest BCUT2D eigenvalue weighted by Crippen LogP contribution is -2.36. The van der Waals surface area contributed by atoms with Crippen molar-refractivity contribution in [3.63, 3.8) is 0 Å². The number of amides is 4. The van der Waals surface area contributed by atoms with Gasteiger partial charge in [0.2, 0.25) is 0 Å². The molecule has 0 saturated carbocycles. The molecule has 1 rings (SSSR count). The van der Waals surface area contributed by atoms with Gasteiger partial charge in [0.15, 0.2) is 6.10 Å². The van der Waals surface area contributed by atoms with E-state index in [9.17, 15) is 24.6 Å². The second-order valence-electron chi connectivity index (χ2n) is 5.29. The van der Waals surface area contributed by atoms with Crippen LogP contribution in [-0.2, 0) is 4.79 Å². The lowest BCUT2D eigenvalue weighted by Gasteiger charge is -2.20. The number of primary amides is 1. The fourth-order valence-electron chi connectivity index (χ4n) is 1.86. The summed E-state index contributed by atoms with van der Waals surface area (Å²) < 4.78 is 0.952. The summed E-state index contributed by atoms with van der Waals surface area (Å²) in [6.07, 6.45) is -2.85. The Kier molecular flexibility index (Phi) is 10.6. The van der Waals surface area contributed by atoms with Gasteiger partial charge in [0, 0.05) is 6.54 Å². The fraction of sp³-hybridized carbons (Fsp3) is 0.357. The topological polar surface area (TPSA) is 194 Å². The first-order chi connectivity index (χ1) is 13.0. The van der Waals surface area contributed by atoms with Crippen LogP contribution in [0.25, 0.3) is 0 Å². The van der Waals surface area contributed by atoms with E-state index in [1.165, 1.54) is 0 Å². The maximum absolute atomic E-state index is 12.6. The third-order valence-corrected chi connectivity index (χ3v) is 6.46. The predicted molar refractivity (Wildman–Crippen MR) is 125 cm³/mol. The standard InChI is InChI=1S/C14H17I3N4O7/c15-7-6(13(27)19-1-4(24)2-22)8(16)11(21-14(18)28)9(17)10(7)20-12(26)5(25)3-23/h4-5,22-25H,1-3H2,(H,19,27)(H,20,26)(H3,18,21,28). The van der Waals surface area contributed by atoms with E-state index in [2.05, 4.69) is 16.0 Å². The summed E-state index contributed by atoms with van der Waals surface area (Å²) in [5.41, 5.74) is 5.54. The molecule has 0 fully saturated rings. The maximum atomic E-state index is 12.6. The second kappa shape index (κ2) is 11.6. The van der Waals surface area contributed by atoms with Crippen LogP contribution in [0.1, 0.15) is 10.4 Å². The van der Waals surface area contributed by atoms with E-state index in [0.29, 0.717) is 7.14 Å². The van der Waals surface area contributed by atoms with E-state index in [-0.39, 0.29) is 27.1 Å². The van der Waals surface area contributed by atoms with Crippen LogP contribution < -0.4 is 21.7 Å². The number of carbonyl (C=O) groups is 3. The third-order valence-electron chi connectivity index (χ3n) is 3.22. The molecule has 11 nitrogen and oxygen atoms in total. The second-order valence-corrected chi connectivity index (χ2v) is 8.53. The van der Waals surface area contributed by atoms with Gasteiger partial charge in [-0.3, -0.25) is 9.59 Å². The number of halogens is 3. The van der Waals surface area contributed by atoms with Gasteiger partial charge in [-0.2, -0.15) is 0 Å². The molecule has 14 heteroatoms. The first-order valence-electron chi connectivity index (χ1n) is 7.48. The molecule has 2 atom stereocenters. The minimum Gasteiger partial charge on any atom is -0.394 e. The van der Waals surface area contributed by atoms with Crippen molar-refractivity contribution in [2.24, 2.45) is 5.73 Å². The fourth-order valence-corrected chi connectivity index (χ4v) is 6.05. The highest BCUT2D eigenvalue weighted by Crippen LogP contribution is 2.38. The van der Waals surface area contributed by atoms with Gasteiger partial charge in [-0.15, -0.1) is 0 Å². The van der Waals surface area contributed by atoms with Crippen LogP contribution in [0.4, 0.5) is 16.2 Å². The van der Waals surface area contributed by atoms with Crippen molar-refractivity contribution in [2.75, 3.05) is 30.4 Å². The first kappa shape index (κ1) is 25.5. The Morgan fingerprint density at radius 3 is 1.93 bits per heavy atom. The Morgan fingerprint density at radius 1 is 0.929 bits per heavy atom. The monoisotopic (exact) mass is 734 g/mol. The van der Waals surface area contributed by atoms with Crippen LogP contribution in [0.5, 0.6) is 0 Å². The van der Waals surface area contributed by atoms with Gasteiger partial charge in [0.05, 0.1) is 47.0 Å². The van der Waals surface area contributed by atoms with Crippen LogP contribution >= 0.6 is 67.8 Å². The first-order valence-corrected chi connectivity index (χ1v) is 10.7. The molecule has 1 aromatic carbocycles. The average Bonchev–Trinajstić information content (AvgIpc) is 2.65. The minimum atomic E-state index is -1.68. The molecular formula is C14H17I3N4O7. The highest BCUT2D eigenvalue weighted by molar-refractivity contribution is 14.1. The number of hydrogen-bond acceptors (Lipinski definition) is 7. The quantitative estimate of drug-likeness (QED) is 0.163. The molecule has 2 unspecified atom stereocenters. The molecule has 28 heavy (non-hydrogen) atoms. The van der Waals surface area contributed by atoms with Gasteiger partial charge in [-0.1, -0.05) is 0 Å². The van der Waals surface area contributed by atoms with Crippen molar-refractivity contribution in [1.29, 1.82) is 0 Å². The number of aliphatic hydroxyl groups excluding tert-OH is 4. The Hall–Kier alpha value is -0.540. The van der Waals surface area contributed by atoms with E-state index in [0.717, 1.165) is 0 Å². The minimum absolute atomic E-state index is 0.0734. The smallest absolute Gasteiger partial charge is 0.316 e. The van der Waals surface area contributed by atoms with Crippen LogP contribution in [-0.4, -0.2) is 70.2 Å². The third kappa shape index (κ3) is 6.49. The van der Waals surface area contributed by atoms with E-state index < -0.39 is 43.3 Å². The lowest BCUT2D eigenvalue weighted by atomic mass is 10.1. The summed E-state index contributed by atoms with van der Waals surface area (Å²) in [5, 5.41) is 44.0. The molecule has 0 aliphatic rings. The Balaban J connectivity index is 3.48. The van der Waals surface area contributed by atoms with Crippen molar-refractivity contribution in [2.45, 2.75) is 12.2 Å². The highest BCUT2D eigenvalue weighted by atomic mass is 127. The number of urea groups is 1. The Morgan fingerprint density at radius 2 is 1.46 bits per heavy atom. The van der Waals surface area contributed by atoms with Crippen molar-refractivity contribution in [1.82, 2.24) is 5.32 Å². The summed E-state index contributed by atoms with van der Waals surface area (Å²) in [6, 6.07) is -0.897. The van der Waals surface area contributed by atoms with Gasteiger partial charge in [-0.25, -0.2) is 4.79 Å². The molecule has 0 saturated heterocycles. The molecule has 156 valence electrons. The molecular weight excluding hydrogens is 717 g/mol. The summed E-state index contributed by atoms with van der Waals surface area (Å²) >= 11 is 5.46. The van der Waals surface area contributed by atoms with Crippen molar-refractivity contribution in [3.8, 4) is 0 Å². The summed E-state index contributed by atoms with van der Waals surface area (Å²) in [7, 11) is 0. The van der Waals surface area contributed by atoms with Crippen molar-refractivity contribution in [3.05, 3.63) is 16.3 Å². The number of hydrogen-bond donors (Lipinski definition) is 8. The number of carbonyl (C=O) groups excluding carboxylic acids is 3. The number of nitrogens with one attached hydrogen (secondary N) is 3. The Bertz CT molecular complexity index is 778. The SMILES string of the molecule is NC(=O)Nc1c(I)c(NC(=O)C(O)CO)c(I)c(C(=O)NCC(O)CO)c1I. The van der Waals surface area contributed by atoms with E-state index in [1.807, 2.05) is 67.8 Å². The lowest BCUT2D eigenvalue weighted by molar-refractivity contribution is -0.125. The van der Waals surface area contributed by atoms with Gasteiger partial charge >= 0.3 is 6.03 Å². The average molecular weight is 734 g/mol. The van der Waals surface area contributed by atoms with Crippen LogP contribution in [0, 0.1) is 10.7 Å². The molecule has 0 bridgehead atoms. The molecule has 1 aromatic rings. The van der Waals surface area contributed by atoms with Crippen molar-refractivity contribution >= 4 is 97.0 Å². The molecule has 0 aliphatic heterocycles. The zero-order chi connectivity index (χ0) is 21.6. The van der Waals surface area contributed by atoms with Gasteiger partial charge in [0.1, 0.15) is 0 Å². The van der Waals surface area contributed by atoms with E-state index >= 15 is 0 Å². The van der Waals surface area contributed by atoms with Gasteiger partial charge < -0.3 is 42.1 Å². The van der Waals surface area contributed by atoms with Gasteiger partial charge in [-0.05, 0) is 67.8 Å². The number of anilines is 2. The number of benzene rings is 1. The molecule has 9 N–H and O–H groups in total. The molecule has 0 heterocycles. The number of aliphatic hydroxyl groups is 4. The summed E-state index contributed by atoms with van der Waals surface area (Å²) in [4.78, 5) is 36.0. The summed E-state index contributed by atoms with van der Waals surface area (Å²) in [5.74, 6) is -1.55. The maximum Gasteiger partial charge on any atom is 0.316 e. The van der Waals surface area contributed by atoms with E-state index in [1.54, 1.807) is 0 Å².